The molecule has 5 rings (SSSR count). The third-order valence-electron chi connectivity index (χ3n) is 13.2. The topological polar surface area (TPSA) is 222 Å². The standard InChI is InChI=1S/C50H72N2O15/c1-10-39-35(27-63-50-47(61-9)46(60-8)42(57)31(5)64-50)22-28(2)17-18-37(54)29(3)23-34(19-20-53)44(30(4)38(55)25-40(56)65-39)66-49-43(58)41(52(6)7)45(48(59)67-49)62-21-13-14-32-24-33-15-11-12-16-36(33)51-26-32/h11-13,15-18,20-22,24,26,29-31,34-35,38-39,41-50,55,57-59H,10,14,19,23,25,27H2,1-9H3/b18-17+,21-13-,28-22+/t29-,30+,31-,34+,35-,38-,39-,41-,42-,43-,44-,45+,46-,47-,48+,49-,50-/m1/s1. The van der Waals surface area contributed by atoms with Crippen LogP contribution >= 0.6 is 0 Å². The van der Waals surface area contributed by atoms with E-state index >= 15 is 0 Å². The molecule has 0 aliphatic carbocycles. The van der Waals surface area contributed by atoms with E-state index in [2.05, 4.69) is 4.98 Å². The molecular formula is C50H72N2O15. The maximum Gasteiger partial charge on any atom is 0.308 e. The Bertz CT molecular complexity index is 1990. The molecule has 0 unspecified atom stereocenters. The summed E-state index contributed by atoms with van der Waals surface area (Å²) in [4.78, 5) is 45.9. The summed E-state index contributed by atoms with van der Waals surface area (Å²) in [5.41, 5.74) is 2.51. The monoisotopic (exact) mass is 940 g/mol. The number of ketones is 1. The fourth-order valence-electron chi connectivity index (χ4n) is 9.26. The van der Waals surface area contributed by atoms with E-state index in [4.69, 9.17) is 37.9 Å². The lowest BCUT2D eigenvalue weighted by molar-refractivity contribution is -0.345. The van der Waals surface area contributed by atoms with E-state index in [1.54, 1.807) is 65.0 Å². The molecule has 3 aliphatic rings. The van der Waals surface area contributed by atoms with Crippen LogP contribution in [0.1, 0.15) is 65.9 Å². The molecule has 0 amide bonds. The number of aliphatic hydroxyl groups is 4. The number of para-hydroxylation sites is 1. The van der Waals surface area contributed by atoms with E-state index in [1.807, 2.05) is 43.3 Å². The lowest BCUT2D eigenvalue weighted by Crippen LogP contribution is -2.64. The normalized spacial score (nSPS) is 37.5. The number of aldehydes is 1. The molecule has 0 bridgehead atoms. The number of aliphatic hydroxyl groups excluding tert-OH is 4. The van der Waals surface area contributed by atoms with Crippen LogP contribution in [0.25, 0.3) is 10.9 Å². The van der Waals surface area contributed by atoms with Gasteiger partial charge in [-0.2, -0.15) is 0 Å². The molecule has 2 aromatic rings. The summed E-state index contributed by atoms with van der Waals surface area (Å²) in [5, 5.41) is 46.7. The number of ether oxygens (including phenoxy) is 8. The number of fused-ring (bicyclic) bond motifs is 1. The van der Waals surface area contributed by atoms with E-state index in [0.29, 0.717) is 24.7 Å². The number of carbonyl (C=O) groups excluding carboxylic acids is 3. The molecule has 1 aromatic carbocycles. The van der Waals surface area contributed by atoms with E-state index in [9.17, 15) is 34.8 Å². The number of aromatic nitrogens is 1. The number of benzene rings is 1. The van der Waals surface area contributed by atoms with Gasteiger partial charge in [0, 0.05) is 50.0 Å². The Morgan fingerprint density at radius 2 is 1.66 bits per heavy atom. The molecule has 0 spiro atoms. The van der Waals surface area contributed by atoms with Gasteiger partial charge in [0.25, 0.3) is 0 Å². The Morgan fingerprint density at radius 1 is 0.925 bits per heavy atom. The highest BCUT2D eigenvalue weighted by Crippen LogP contribution is 2.35. The number of pyridine rings is 1. The molecule has 0 radical (unpaired) electrons. The molecule has 1 aromatic heterocycles. The van der Waals surface area contributed by atoms with Crippen molar-refractivity contribution in [1.29, 1.82) is 0 Å². The van der Waals surface area contributed by atoms with Crippen LogP contribution in [0.4, 0.5) is 0 Å². The minimum Gasteiger partial charge on any atom is -0.491 e. The van der Waals surface area contributed by atoms with Crippen LogP contribution in [-0.2, 0) is 58.7 Å². The molecular weight excluding hydrogens is 869 g/mol. The van der Waals surface area contributed by atoms with Crippen LogP contribution < -0.4 is 0 Å². The first kappa shape index (κ1) is 54.0. The molecule has 2 saturated heterocycles. The van der Waals surface area contributed by atoms with Gasteiger partial charge in [0.05, 0.1) is 49.2 Å². The fraction of sp³-hybridized carbons (Fsp3) is 0.640. The molecule has 4 N–H and O–H groups in total. The van der Waals surface area contributed by atoms with Gasteiger partial charge in [-0.25, -0.2) is 0 Å². The van der Waals surface area contributed by atoms with E-state index in [0.717, 1.165) is 16.5 Å². The quantitative estimate of drug-likeness (QED) is 0.113. The zero-order valence-electron chi connectivity index (χ0n) is 40.2. The van der Waals surface area contributed by atoms with Gasteiger partial charge in [0.15, 0.2) is 30.8 Å². The van der Waals surface area contributed by atoms with Crippen molar-refractivity contribution in [3.63, 3.8) is 0 Å². The molecule has 3 aliphatic heterocycles. The number of likely N-dealkylation sites (N-methyl/N-ethyl adjacent to an activating group) is 1. The van der Waals surface area contributed by atoms with Gasteiger partial charge in [0.1, 0.15) is 36.8 Å². The van der Waals surface area contributed by atoms with E-state index in [1.165, 1.54) is 26.6 Å². The summed E-state index contributed by atoms with van der Waals surface area (Å²) in [6.07, 6.45) is -1.72. The third kappa shape index (κ3) is 14.1. The Hall–Kier alpha value is -3.98. The SMILES string of the molecule is CC[C@H]1OC(=O)C[C@@H](O)[C@H](C)[C@@H](O[C@@H]2O[C@H](O)[C@@H](O/C=C\Cc3cnc4ccccc4c3)[C@H](N(C)C)[C@H]2O)[C@@H](CC=O)C[C@@H](C)C(=O)/C=C/C(C)=C/[C@@H]1CO[C@@H]1O[C@H](C)[C@@H](O)[C@@H](OC)[C@H]1OC. The molecule has 372 valence electrons. The van der Waals surface area contributed by atoms with Crippen LogP contribution in [0.15, 0.2) is 72.7 Å². The Kier molecular flexibility index (Phi) is 20.6. The zero-order valence-corrected chi connectivity index (χ0v) is 40.2. The lowest BCUT2D eigenvalue weighted by atomic mass is 9.79. The molecule has 17 heteroatoms. The van der Waals surface area contributed by atoms with Gasteiger partial charge in [0.2, 0.25) is 0 Å². The van der Waals surface area contributed by atoms with Gasteiger partial charge in [-0.3, -0.25) is 14.6 Å². The smallest absolute Gasteiger partial charge is 0.308 e. The molecule has 2 fully saturated rings. The van der Waals surface area contributed by atoms with Crippen molar-refractivity contribution >= 4 is 28.9 Å². The predicted molar refractivity (Wildman–Crippen MR) is 246 cm³/mol. The summed E-state index contributed by atoms with van der Waals surface area (Å²) in [7, 11) is 6.35. The molecule has 4 heterocycles. The number of cyclic esters (lactones) is 1. The van der Waals surface area contributed by atoms with E-state index in [-0.39, 0.29) is 25.2 Å². The number of esters is 1. The molecule has 0 saturated carbocycles. The van der Waals surface area contributed by atoms with Crippen molar-refractivity contribution in [1.82, 2.24) is 9.88 Å². The van der Waals surface area contributed by atoms with Crippen molar-refractivity contribution in [3.8, 4) is 0 Å². The van der Waals surface area contributed by atoms with Crippen molar-refractivity contribution in [2.24, 2.45) is 23.7 Å². The zero-order chi connectivity index (χ0) is 48.9. The predicted octanol–water partition coefficient (Wildman–Crippen LogP) is 3.82. The third-order valence-corrected chi connectivity index (χ3v) is 13.2. The fourth-order valence-corrected chi connectivity index (χ4v) is 9.26. The number of methoxy groups -OCH3 is 2. The van der Waals surface area contributed by atoms with E-state index < -0.39 is 116 Å². The lowest BCUT2D eigenvalue weighted by Gasteiger charge is -2.46. The van der Waals surface area contributed by atoms with Crippen molar-refractivity contribution in [2.75, 3.05) is 34.9 Å². The van der Waals surface area contributed by atoms with Gasteiger partial charge >= 0.3 is 5.97 Å². The highest BCUT2D eigenvalue weighted by molar-refractivity contribution is 5.91. The summed E-state index contributed by atoms with van der Waals surface area (Å²) >= 11 is 0. The minimum absolute atomic E-state index is 0.0118. The van der Waals surface area contributed by atoms with Crippen molar-refractivity contribution in [3.05, 3.63) is 78.2 Å². The largest absolute Gasteiger partial charge is 0.491 e. The van der Waals surface area contributed by atoms with Gasteiger partial charge in [-0.15, -0.1) is 0 Å². The first-order valence-corrected chi connectivity index (χ1v) is 23.2. The highest BCUT2D eigenvalue weighted by atomic mass is 16.8. The van der Waals surface area contributed by atoms with Gasteiger partial charge in [-0.05, 0) is 83.0 Å². The summed E-state index contributed by atoms with van der Waals surface area (Å²) < 4.78 is 47.9. The average Bonchev–Trinajstić information content (AvgIpc) is 3.30. The minimum atomic E-state index is -1.59. The molecule has 67 heavy (non-hydrogen) atoms. The number of allylic oxidation sites excluding steroid dienone is 4. The maximum atomic E-state index is 13.8. The van der Waals surface area contributed by atoms with Crippen molar-refractivity contribution in [2.45, 2.75) is 147 Å². The molecule has 17 nitrogen and oxygen atoms in total. The van der Waals surface area contributed by atoms with Gasteiger partial charge in [-0.1, -0.05) is 56.7 Å². The first-order chi connectivity index (χ1) is 32.0. The second-order valence-electron chi connectivity index (χ2n) is 18.3. The van der Waals surface area contributed by atoms with Crippen LogP contribution in [0.5, 0.6) is 0 Å². The summed E-state index contributed by atoms with van der Waals surface area (Å²) in [6.45, 7) is 8.71. The maximum absolute atomic E-state index is 13.8. The first-order valence-electron chi connectivity index (χ1n) is 23.2. The molecule has 17 atom stereocenters. The average molecular weight is 941 g/mol. The number of nitrogens with zero attached hydrogens (tertiary/aromatic N) is 2. The van der Waals surface area contributed by atoms with Crippen LogP contribution in [0.3, 0.4) is 0 Å². The Balaban J connectivity index is 1.36. The van der Waals surface area contributed by atoms with Crippen LogP contribution in [0.2, 0.25) is 0 Å². The number of carbonyl (C=O) groups is 3. The van der Waals surface area contributed by atoms with Crippen LogP contribution in [0, 0.1) is 23.7 Å². The van der Waals surface area contributed by atoms with Gasteiger partial charge < -0.3 is 68.0 Å². The number of hydrogen-bond acceptors (Lipinski definition) is 17. The second-order valence-corrected chi connectivity index (χ2v) is 18.3. The summed E-state index contributed by atoms with van der Waals surface area (Å²) in [5.74, 6) is -3.72. The highest BCUT2D eigenvalue weighted by Gasteiger charge is 2.50. The number of rotatable bonds is 15. The number of hydrogen-bond donors (Lipinski definition) is 4. The second kappa shape index (κ2) is 25.6. The summed E-state index contributed by atoms with van der Waals surface area (Å²) in [6, 6.07) is 8.96. The van der Waals surface area contributed by atoms with Crippen LogP contribution in [-0.4, -0.2) is 163 Å². The van der Waals surface area contributed by atoms with Crippen molar-refractivity contribution < 1.29 is 72.7 Å². The Labute approximate surface area is 394 Å². The Morgan fingerprint density at radius 3 is 2.34 bits per heavy atom.